The third-order valence-corrected chi connectivity index (χ3v) is 3.11. The molecular weight excluding hydrogens is 216 g/mol. The zero-order valence-corrected chi connectivity index (χ0v) is 10.0. The van der Waals surface area contributed by atoms with Crippen LogP contribution in [-0.4, -0.2) is 30.4 Å². The van der Waals surface area contributed by atoms with Gasteiger partial charge in [-0.05, 0) is 12.8 Å². The Morgan fingerprint density at radius 1 is 0.733 bits per heavy atom. The second kappa shape index (κ2) is 9.12. The molecule has 15 heavy (non-hydrogen) atoms. The molecule has 0 rings (SSSR count). The maximum atomic E-state index is 10.4. The van der Waals surface area contributed by atoms with Crippen LogP contribution in [0.2, 0.25) is 0 Å². The number of aliphatic hydroxyl groups is 1. The van der Waals surface area contributed by atoms with E-state index in [1.165, 1.54) is 0 Å². The Balaban J connectivity index is 3.06. The smallest absolute Gasteiger partial charge is 0.264 e. The molecule has 4 nitrogen and oxygen atoms in total. The summed E-state index contributed by atoms with van der Waals surface area (Å²) in [6, 6.07) is 0. The predicted molar refractivity (Wildman–Crippen MR) is 60.4 cm³/mol. The molecule has 0 bridgehead atoms. The van der Waals surface area contributed by atoms with Crippen molar-refractivity contribution in [1.82, 2.24) is 0 Å². The van der Waals surface area contributed by atoms with Gasteiger partial charge in [0.15, 0.2) is 0 Å². The molecular formula is C10H22O4S. The summed E-state index contributed by atoms with van der Waals surface area (Å²) in [7, 11) is -3.76. The highest BCUT2D eigenvalue weighted by molar-refractivity contribution is 7.85. The molecule has 0 aliphatic rings. The van der Waals surface area contributed by atoms with Crippen molar-refractivity contribution < 1.29 is 18.1 Å². The molecule has 0 fully saturated rings. The van der Waals surface area contributed by atoms with E-state index in [0.717, 1.165) is 44.9 Å². The Bertz CT molecular complexity index is 224. The average molecular weight is 238 g/mol. The van der Waals surface area contributed by atoms with Crippen LogP contribution in [0.1, 0.15) is 51.4 Å². The van der Waals surface area contributed by atoms with Crippen LogP contribution in [-0.2, 0) is 10.1 Å². The fourth-order valence-electron chi connectivity index (χ4n) is 1.46. The summed E-state index contributed by atoms with van der Waals surface area (Å²) in [5.41, 5.74) is 0. The van der Waals surface area contributed by atoms with E-state index in [9.17, 15) is 8.42 Å². The second-order valence-corrected chi connectivity index (χ2v) is 5.41. The van der Waals surface area contributed by atoms with Gasteiger partial charge in [-0.3, -0.25) is 4.55 Å². The Hall–Kier alpha value is -0.130. The maximum Gasteiger partial charge on any atom is 0.264 e. The molecule has 2 N–H and O–H groups in total. The number of aliphatic hydroxyl groups excluding tert-OH is 1. The van der Waals surface area contributed by atoms with Crippen molar-refractivity contribution in [2.45, 2.75) is 51.4 Å². The van der Waals surface area contributed by atoms with Crippen molar-refractivity contribution in [3.63, 3.8) is 0 Å². The molecule has 0 saturated heterocycles. The van der Waals surface area contributed by atoms with E-state index < -0.39 is 10.1 Å². The van der Waals surface area contributed by atoms with Gasteiger partial charge in [-0.15, -0.1) is 0 Å². The minimum atomic E-state index is -3.76. The van der Waals surface area contributed by atoms with E-state index >= 15 is 0 Å². The zero-order valence-electron chi connectivity index (χ0n) is 9.19. The number of hydrogen-bond acceptors (Lipinski definition) is 3. The van der Waals surface area contributed by atoms with Crippen LogP contribution in [0.15, 0.2) is 0 Å². The van der Waals surface area contributed by atoms with Crippen LogP contribution in [0.4, 0.5) is 0 Å². The lowest BCUT2D eigenvalue weighted by Gasteiger charge is -2.00. The summed E-state index contributed by atoms with van der Waals surface area (Å²) in [4.78, 5) is 0. The molecule has 0 amide bonds. The molecule has 0 aliphatic heterocycles. The molecule has 92 valence electrons. The van der Waals surface area contributed by atoms with Gasteiger partial charge in [0.05, 0.1) is 5.75 Å². The second-order valence-electron chi connectivity index (χ2n) is 3.84. The van der Waals surface area contributed by atoms with Crippen molar-refractivity contribution in [2.75, 3.05) is 12.4 Å². The fraction of sp³-hybridized carbons (Fsp3) is 1.00. The van der Waals surface area contributed by atoms with Crippen LogP contribution in [0.25, 0.3) is 0 Å². The van der Waals surface area contributed by atoms with Gasteiger partial charge in [-0.25, -0.2) is 0 Å². The van der Waals surface area contributed by atoms with Crippen molar-refractivity contribution >= 4 is 10.1 Å². The molecule has 0 heterocycles. The topological polar surface area (TPSA) is 74.6 Å². The Labute approximate surface area is 92.4 Å². The lowest BCUT2D eigenvalue weighted by molar-refractivity contribution is 0.282. The van der Waals surface area contributed by atoms with Gasteiger partial charge in [0, 0.05) is 6.61 Å². The average Bonchev–Trinajstić information content (AvgIpc) is 2.14. The van der Waals surface area contributed by atoms with E-state index in [4.69, 9.17) is 9.66 Å². The third-order valence-electron chi connectivity index (χ3n) is 2.31. The predicted octanol–water partition coefficient (Wildman–Crippen LogP) is 1.99. The highest BCUT2D eigenvalue weighted by Gasteiger charge is 2.02. The summed E-state index contributed by atoms with van der Waals surface area (Å²) in [5.74, 6) is -0.114. The van der Waals surface area contributed by atoms with E-state index in [1.807, 2.05) is 0 Å². The molecule has 5 heteroatoms. The van der Waals surface area contributed by atoms with Crippen molar-refractivity contribution in [3.8, 4) is 0 Å². The number of rotatable bonds is 10. The van der Waals surface area contributed by atoms with Gasteiger partial charge in [0.1, 0.15) is 0 Å². The van der Waals surface area contributed by atoms with E-state index in [-0.39, 0.29) is 12.4 Å². The van der Waals surface area contributed by atoms with Gasteiger partial charge >= 0.3 is 0 Å². The number of hydrogen-bond donors (Lipinski definition) is 2. The quantitative estimate of drug-likeness (QED) is 0.451. The Morgan fingerprint density at radius 2 is 1.13 bits per heavy atom. The zero-order chi connectivity index (χ0) is 11.6. The molecule has 0 aromatic carbocycles. The highest BCUT2D eigenvalue weighted by Crippen LogP contribution is 2.08. The summed E-state index contributed by atoms with van der Waals surface area (Å²) < 4.78 is 29.2. The first-order valence-electron chi connectivity index (χ1n) is 5.62. The molecule has 0 radical (unpaired) electrons. The summed E-state index contributed by atoms with van der Waals surface area (Å²) in [5, 5.41) is 8.53. The molecule has 0 saturated carbocycles. The van der Waals surface area contributed by atoms with E-state index in [2.05, 4.69) is 0 Å². The standard InChI is InChI=1S/C10H22O4S/c11-9-7-5-3-1-2-4-6-8-10-15(12,13)14/h11H,1-10H2,(H,12,13,14). The SMILES string of the molecule is O=S(=O)(O)CCCCCCCCCCO. The fourth-order valence-corrected chi connectivity index (χ4v) is 2.03. The molecule has 0 unspecified atom stereocenters. The monoisotopic (exact) mass is 238 g/mol. The first kappa shape index (κ1) is 14.9. The highest BCUT2D eigenvalue weighted by atomic mass is 32.2. The first-order chi connectivity index (χ1) is 7.06. The normalized spacial score (nSPS) is 11.9. The number of unbranched alkanes of at least 4 members (excludes halogenated alkanes) is 7. The van der Waals surface area contributed by atoms with Gasteiger partial charge in [-0.2, -0.15) is 8.42 Å². The van der Waals surface area contributed by atoms with Crippen LogP contribution >= 0.6 is 0 Å². The van der Waals surface area contributed by atoms with Gasteiger partial charge in [0.2, 0.25) is 0 Å². The Morgan fingerprint density at radius 3 is 1.53 bits per heavy atom. The van der Waals surface area contributed by atoms with Gasteiger partial charge in [-0.1, -0.05) is 38.5 Å². The minimum absolute atomic E-state index is 0.114. The van der Waals surface area contributed by atoms with Gasteiger partial charge < -0.3 is 5.11 Å². The molecule has 0 aromatic rings. The minimum Gasteiger partial charge on any atom is -0.396 e. The lowest BCUT2D eigenvalue weighted by atomic mass is 10.1. The molecule has 0 spiro atoms. The Kier molecular flexibility index (Phi) is 9.04. The van der Waals surface area contributed by atoms with Crippen molar-refractivity contribution in [1.29, 1.82) is 0 Å². The molecule has 0 atom stereocenters. The lowest BCUT2D eigenvalue weighted by Crippen LogP contribution is -2.03. The summed E-state index contributed by atoms with van der Waals surface area (Å²) in [6.45, 7) is 0.272. The van der Waals surface area contributed by atoms with E-state index in [1.54, 1.807) is 0 Å². The van der Waals surface area contributed by atoms with Gasteiger partial charge in [0.25, 0.3) is 10.1 Å². The first-order valence-corrected chi connectivity index (χ1v) is 7.23. The van der Waals surface area contributed by atoms with Crippen LogP contribution < -0.4 is 0 Å². The van der Waals surface area contributed by atoms with Crippen molar-refractivity contribution in [3.05, 3.63) is 0 Å². The third kappa shape index (κ3) is 13.9. The molecule has 0 aromatic heterocycles. The van der Waals surface area contributed by atoms with E-state index in [0.29, 0.717) is 6.42 Å². The summed E-state index contributed by atoms with van der Waals surface area (Å²) >= 11 is 0. The molecule has 0 aliphatic carbocycles. The maximum absolute atomic E-state index is 10.4. The van der Waals surface area contributed by atoms with Crippen LogP contribution in [0.5, 0.6) is 0 Å². The van der Waals surface area contributed by atoms with Crippen LogP contribution in [0, 0.1) is 0 Å². The van der Waals surface area contributed by atoms with Crippen LogP contribution in [0.3, 0.4) is 0 Å². The summed E-state index contributed by atoms with van der Waals surface area (Å²) in [6.07, 6.45) is 7.77. The largest absolute Gasteiger partial charge is 0.396 e. The van der Waals surface area contributed by atoms with Crippen molar-refractivity contribution in [2.24, 2.45) is 0 Å².